The van der Waals surface area contributed by atoms with Gasteiger partial charge in [-0.05, 0) is 19.4 Å². The molecule has 7 heteroatoms. The fourth-order valence-corrected chi connectivity index (χ4v) is 2.04. The molecule has 0 fully saturated rings. The van der Waals surface area contributed by atoms with Gasteiger partial charge in [0, 0.05) is 0 Å². The van der Waals surface area contributed by atoms with Crippen molar-refractivity contribution in [3.8, 4) is 0 Å². The number of hydrogen-bond acceptors (Lipinski definition) is 4. The Balaban J connectivity index is 3.20. The second-order valence-corrected chi connectivity index (χ2v) is 5.28. The minimum absolute atomic E-state index is 0.307. The maximum absolute atomic E-state index is 11.4. The zero-order valence-corrected chi connectivity index (χ0v) is 10.9. The number of hydrogen-bond donors (Lipinski definition) is 3. The van der Waals surface area contributed by atoms with Crippen molar-refractivity contribution < 1.29 is 28.8 Å². The number of aliphatic hydroxyl groups is 1. The SMILES string of the molecule is CC(=O)[C@@](C)(O)[C@@H](OP(=O)(O)O)c1ccccc1. The molecule has 1 rings (SSSR count). The highest BCUT2D eigenvalue weighted by molar-refractivity contribution is 7.46. The molecule has 0 saturated carbocycles. The van der Waals surface area contributed by atoms with Crippen molar-refractivity contribution in [2.24, 2.45) is 0 Å². The zero-order valence-electron chi connectivity index (χ0n) is 9.98. The third-order valence-corrected chi connectivity index (χ3v) is 3.05. The molecule has 0 amide bonds. The molecule has 100 valence electrons. The van der Waals surface area contributed by atoms with Crippen LogP contribution in [0.15, 0.2) is 30.3 Å². The lowest BCUT2D eigenvalue weighted by atomic mass is 9.90. The number of rotatable bonds is 5. The molecule has 0 aliphatic carbocycles. The van der Waals surface area contributed by atoms with Gasteiger partial charge in [-0.1, -0.05) is 30.3 Å². The van der Waals surface area contributed by atoms with E-state index in [9.17, 15) is 14.5 Å². The molecule has 0 radical (unpaired) electrons. The third kappa shape index (κ3) is 3.73. The van der Waals surface area contributed by atoms with E-state index in [1.54, 1.807) is 18.2 Å². The van der Waals surface area contributed by atoms with Gasteiger partial charge < -0.3 is 14.9 Å². The lowest BCUT2D eigenvalue weighted by Gasteiger charge is -2.30. The van der Waals surface area contributed by atoms with Crippen molar-refractivity contribution in [1.29, 1.82) is 0 Å². The van der Waals surface area contributed by atoms with Crippen molar-refractivity contribution >= 4 is 13.6 Å². The first-order valence-electron chi connectivity index (χ1n) is 5.17. The summed E-state index contributed by atoms with van der Waals surface area (Å²) >= 11 is 0. The van der Waals surface area contributed by atoms with Gasteiger partial charge >= 0.3 is 7.82 Å². The van der Waals surface area contributed by atoms with E-state index in [2.05, 4.69) is 4.52 Å². The van der Waals surface area contributed by atoms with E-state index in [4.69, 9.17) is 9.79 Å². The average molecular weight is 274 g/mol. The van der Waals surface area contributed by atoms with Crippen LogP contribution in [0.4, 0.5) is 0 Å². The molecule has 0 aliphatic rings. The number of phosphoric acid groups is 1. The summed E-state index contributed by atoms with van der Waals surface area (Å²) in [4.78, 5) is 29.1. The minimum Gasteiger partial charge on any atom is -0.379 e. The van der Waals surface area contributed by atoms with E-state index in [1.165, 1.54) is 12.1 Å². The van der Waals surface area contributed by atoms with Crippen molar-refractivity contribution in [2.45, 2.75) is 25.6 Å². The molecular weight excluding hydrogens is 259 g/mol. The molecule has 6 nitrogen and oxygen atoms in total. The van der Waals surface area contributed by atoms with Crippen LogP contribution in [0, 0.1) is 0 Å². The average Bonchev–Trinajstić information content (AvgIpc) is 2.25. The fourth-order valence-electron chi connectivity index (χ4n) is 1.44. The van der Waals surface area contributed by atoms with Crippen LogP contribution < -0.4 is 0 Å². The second kappa shape index (κ2) is 5.30. The Morgan fingerprint density at radius 1 is 1.33 bits per heavy atom. The number of carbonyl (C=O) groups is 1. The van der Waals surface area contributed by atoms with E-state index in [1.807, 2.05) is 0 Å². The number of phosphoric ester groups is 1. The molecule has 0 aliphatic heterocycles. The summed E-state index contributed by atoms with van der Waals surface area (Å²) in [6.45, 7) is 2.28. The fraction of sp³-hybridized carbons (Fsp3) is 0.364. The van der Waals surface area contributed by atoms with Crippen molar-refractivity contribution in [1.82, 2.24) is 0 Å². The van der Waals surface area contributed by atoms with Gasteiger partial charge in [0.15, 0.2) is 11.4 Å². The molecule has 0 unspecified atom stereocenters. The lowest BCUT2D eigenvalue weighted by molar-refractivity contribution is -0.144. The highest BCUT2D eigenvalue weighted by Crippen LogP contribution is 2.46. The summed E-state index contributed by atoms with van der Waals surface area (Å²) < 4.78 is 15.5. The van der Waals surface area contributed by atoms with Crippen LogP contribution in [-0.2, 0) is 13.9 Å². The summed E-state index contributed by atoms with van der Waals surface area (Å²) in [6.07, 6.45) is -1.43. The topological polar surface area (TPSA) is 104 Å². The van der Waals surface area contributed by atoms with Gasteiger partial charge in [-0.15, -0.1) is 0 Å². The molecule has 0 heterocycles. The normalized spacial score (nSPS) is 16.9. The maximum atomic E-state index is 11.4. The number of Topliss-reactive ketones (excluding diaryl/α,β-unsaturated/α-hetero) is 1. The Morgan fingerprint density at radius 2 is 1.83 bits per heavy atom. The standard InChI is InChI=1S/C11H15O6P/c1-8(12)11(2,13)10(17-18(14,15)16)9-6-4-3-5-7-9/h3-7,10,13H,1-2H3,(H2,14,15,16)/t10-,11+/m0/s1. The highest BCUT2D eigenvalue weighted by Gasteiger charge is 2.42. The lowest BCUT2D eigenvalue weighted by Crippen LogP contribution is -2.41. The summed E-state index contributed by atoms with van der Waals surface area (Å²) in [5.41, 5.74) is -1.72. The Hall–Kier alpha value is -1.04. The Bertz CT molecular complexity index is 464. The van der Waals surface area contributed by atoms with Crippen molar-refractivity contribution in [3.63, 3.8) is 0 Å². The Kier molecular flexibility index (Phi) is 4.42. The molecule has 0 aromatic heterocycles. The van der Waals surface area contributed by atoms with Crippen molar-refractivity contribution in [3.05, 3.63) is 35.9 Å². The molecule has 3 N–H and O–H groups in total. The molecule has 2 atom stereocenters. The van der Waals surface area contributed by atoms with Crippen molar-refractivity contribution in [2.75, 3.05) is 0 Å². The number of ketones is 1. The van der Waals surface area contributed by atoms with Gasteiger partial charge in [0.05, 0.1) is 0 Å². The summed E-state index contributed by atoms with van der Waals surface area (Å²) in [5, 5.41) is 10.1. The number of carbonyl (C=O) groups excluding carboxylic acids is 1. The van der Waals surface area contributed by atoms with E-state index in [0.29, 0.717) is 5.56 Å². The molecule has 0 saturated heterocycles. The molecule has 1 aromatic rings. The van der Waals surface area contributed by atoms with Crippen LogP contribution >= 0.6 is 7.82 Å². The van der Waals surface area contributed by atoms with E-state index in [0.717, 1.165) is 13.8 Å². The molecule has 1 aromatic carbocycles. The second-order valence-electron chi connectivity index (χ2n) is 4.09. The first-order valence-corrected chi connectivity index (χ1v) is 6.70. The quantitative estimate of drug-likeness (QED) is 0.696. The first kappa shape index (κ1) is 15.0. The Labute approximate surface area is 104 Å². The van der Waals surface area contributed by atoms with E-state index >= 15 is 0 Å². The molecular formula is C11H15O6P. The monoisotopic (exact) mass is 274 g/mol. The van der Waals surface area contributed by atoms with Gasteiger partial charge in [-0.2, -0.15) is 0 Å². The minimum atomic E-state index is -4.84. The van der Waals surface area contributed by atoms with Gasteiger partial charge in [0.1, 0.15) is 6.10 Å². The first-order chi connectivity index (χ1) is 8.14. The van der Waals surface area contributed by atoms with Crippen LogP contribution in [0.5, 0.6) is 0 Å². The molecule has 0 spiro atoms. The summed E-state index contributed by atoms with van der Waals surface area (Å²) in [7, 11) is -4.84. The van der Waals surface area contributed by atoms with E-state index in [-0.39, 0.29) is 0 Å². The van der Waals surface area contributed by atoms with Crippen LogP contribution in [-0.4, -0.2) is 26.3 Å². The largest absolute Gasteiger partial charge is 0.470 e. The summed E-state index contributed by atoms with van der Waals surface area (Å²) in [5.74, 6) is -0.648. The van der Waals surface area contributed by atoms with Crippen LogP contribution in [0.1, 0.15) is 25.5 Å². The van der Waals surface area contributed by atoms with Crippen LogP contribution in [0.25, 0.3) is 0 Å². The molecule has 0 bridgehead atoms. The van der Waals surface area contributed by atoms with Gasteiger partial charge in [0.2, 0.25) is 0 Å². The van der Waals surface area contributed by atoms with Gasteiger partial charge in [-0.25, -0.2) is 4.57 Å². The third-order valence-electron chi connectivity index (χ3n) is 2.57. The smallest absolute Gasteiger partial charge is 0.379 e. The zero-order chi connectivity index (χ0) is 14.0. The Morgan fingerprint density at radius 3 is 2.22 bits per heavy atom. The van der Waals surface area contributed by atoms with Gasteiger partial charge in [0.25, 0.3) is 0 Å². The van der Waals surface area contributed by atoms with Crippen LogP contribution in [0.2, 0.25) is 0 Å². The predicted molar refractivity (Wildman–Crippen MR) is 63.6 cm³/mol. The molecule has 18 heavy (non-hydrogen) atoms. The van der Waals surface area contributed by atoms with E-state index < -0.39 is 25.3 Å². The van der Waals surface area contributed by atoms with Crippen LogP contribution in [0.3, 0.4) is 0 Å². The predicted octanol–water partition coefficient (Wildman–Crippen LogP) is 1.18. The maximum Gasteiger partial charge on any atom is 0.470 e. The number of benzene rings is 1. The van der Waals surface area contributed by atoms with Gasteiger partial charge in [-0.3, -0.25) is 9.32 Å². The highest BCUT2D eigenvalue weighted by atomic mass is 31.2. The summed E-state index contributed by atoms with van der Waals surface area (Å²) in [6, 6.07) is 7.94.